The molecule has 10 heteroatoms. The number of fused-ring (bicyclic) bond motifs is 1. The molecule has 5 rings (SSSR count). The molecule has 4 aromatic carbocycles. The van der Waals surface area contributed by atoms with Crippen molar-refractivity contribution in [2.24, 2.45) is 0 Å². The highest BCUT2D eigenvalue weighted by atomic mass is 35.5. The average molecular weight is 683 g/mol. The molecule has 0 saturated heterocycles. The Labute approximate surface area is 284 Å². The Morgan fingerprint density at radius 2 is 1.65 bits per heavy atom. The molecule has 5 aromatic rings. The van der Waals surface area contributed by atoms with E-state index in [-0.39, 0.29) is 0 Å². The summed E-state index contributed by atoms with van der Waals surface area (Å²) in [5.41, 5.74) is 3.24. The van der Waals surface area contributed by atoms with E-state index in [1.165, 1.54) is 24.3 Å². The Morgan fingerprint density at radius 1 is 0.917 bits per heavy atom. The van der Waals surface area contributed by atoms with Crippen LogP contribution in [0.5, 0.6) is 0 Å². The Balaban J connectivity index is 1.42. The number of carbonyl (C=O) groups is 2. The molecule has 1 aromatic heterocycles. The SMILES string of the molecule is CC(C)(O)c1ccccc1CCC(NC(=O)CS(=O)(=O)c1ccccc1C(=O)O)c1cccc(/C=C/c2ccc3ccc(Cl)cc3n2)c1. The smallest absolute Gasteiger partial charge is 0.337 e. The molecule has 1 amide bonds. The zero-order valence-corrected chi connectivity index (χ0v) is 28.0. The van der Waals surface area contributed by atoms with E-state index in [1.54, 1.807) is 19.9 Å². The largest absolute Gasteiger partial charge is 0.478 e. The van der Waals surface area contributed by atoms with E-state index >= 15 is 0 Å². The summed E-state index contributed by atoms with van der Waals surface area (Å²) in [7, 11) is -4.27. The van der Waals surface area contributed by atoms with Crippen molar-refractivity contribution in [2.45, 2.75) is 43.2 Å². The van der Waals surface area contributed by atoms with Crippen molar-refractivity contribution in [1.82, 2.24) is 10.3 Å². The van der Waals surface area contributed by atoms with Gasteiger partial charge in [0.15, 0.2) is 9.84 Å². The number of benzene rings is 4. The molecule has 48 heavy (non-hydrogen) atoms. The minimum atomic E-state index is -4.27. The maximum Gasteiger partial charge on any atom is 0.337 e. The topological polar surface area (TPSA) is 134 Å². The summed E-state index contributed by atoms with van der Waals surface area (Å²) >= 11 is 6.15. The molecule has 0 aliphatic rings. The van der Waals surface area contributed by atoms with Gasteiger partial charge < -0.3 is 15.5 Å². The van der Waals surface area contributed by atoms with E-state index in [0.29, 0.717) is 17.9 Å². The van der Waals surface area contributed by atoms with Gasteiger partial charge in [-0.15, -0.1) is 0 Å². The van der Waals surface area contributed by atoms with Crippen LogP contribution in [-0.4, -0.2) is 41.2 Å². The van der Waals surface area contributed by atoms with Gasteiger partial charge in [-0.2, -0.15) is 0 Å². The molecule has 1 unspecified atom stereocenters. The van der Waals surface area contributed by atoms with Crippen LogP contribution in [0.3, 0.4) is 0 Å². The normalized spacial score (nSPS) is 12.7. The van der Waals surface area contributed by atoms with Gasteiger partial charge >= 0.3 is 5.97 Å². The van der Waals surface area contributed by atoms with Crippen molar-refractivity contribution in [3.05, 3.63) is 142 Å². The van der Waals surface area contributed by atoms with Gasteiger partial charge in [0.05, 0.1) is 33.3 Å². The van der Waals surface area contributed by atoms with Crippen LogP contribution >= 0.6 is 11.6 Å². The molecule has 246 valence electrons. The highest BCUT2D eigenvalue weighted by molar-refractivity contribution is 7.92. The summed E-state index contributed by atoms with van der Waals surface area (Å²) < 4.78 is 26.4. The molecule has 0 fully saturated rings. The summed E-state index contributed by atoms with van der Waals surface area (Å²) in [5, 5.41) is 24.7. The number of halogens is 1. The van der Waals surface area contributed by atoms with Gasteiger partial charge in [0.1, 0.15) is 5.75 Å². The minimum absolute atomic E-state index is 0.394. The van der Waals surface area contributed by atoms with E-state index in [4.69, 9.17) is 11.6 Å². The predicted octanol–water partition coefficient (Wildman–Crippen LogP) is 7.25. The average Bonchev–Trinajstić information content (AvgIpc) is 3.05. The number of aliphatic hydroxyl groups is 1. The summed E-state index contributed by atoms with van der Waals surface area (Å²) in [5.74, 6) is -3.09. The Bertz CT molecular complexity index is 2120. The Hall–Kier alpha value is -4.83. The molecular weight excluding hydrogens is 648 g/mol. The van der Waals surface area contributed by atoms with Crippen molar-refractivity contribution < 1.29 is 28.2 Å². The van der Waals surface area contributed by atoms with Crippen LogP contribution in [0.2, 0.25) is 5.02 Å². The zero-order chi connectivity index (χ0) is 34.5. The van der Waals surface area contributed by atoms with Gasteiger partial charge in [0.2, 0.25) is 5.91 Å². The summed E-state index contributed by atoms with van der Waals surface area (Å²) in [6, 6.07) is 29.1. The van der Waals surface area contributed by atoms with Crippen molar-refractivity contribution in [1.29, 1.82) is 0 Å². The second-order valence-corrected chi connectivity index (χ2v) is 14.4. The van der Waals surface area contributed by atoms with Gasteiger partial charge in [0, 0.05) is 10.4 Å². The number of aryl methyl sites for hydroxylation is 1. The van der Waals surface area contributed by atoms with Gasteiger partial charge in [-0.3, -0.25) is 4.79 Å². The van der Waals surface area contributed by atoms with Gasteiger partial charge in [0.25, 0.3) is 0 Å². The number of hydrogen-bond acceptors (Lipinski definition) is 6. The van der Waals surface area contributed by atoms with Crippen LogP contribution in [0.25, 0.3) is 23.1 Å². The Kier molecular flexibility index (Phi) is 10.4. The number of pyridine rings is 1. The number of sulfone groups is 1. The van der Waals surface area contributed by atoms with Gasteiger partial charge in [-0.1, -0.05) is 84.4 Å². The number of carboxylic acid groups (broad SMARTS) is 1. The summed E-state index contributed by atoms with van der Waals surface area (Å²) in [4.78, 5) is 29.3. The maximum absolute atomic E-state index is 13.4. The van der Waals surface area contributed by atoms with Crippen LogP contribution in [0, 0.1) is 0 Å². The van der Waals surface area contributed by atoms with Crippen LogP contribution in [0.4, 0.5) is 0 Å². The highest BCUT2D eigenvalue weighted by Gasteiger charge is 2.27. The fourth-order valence-corrected chi connectivity index (χ4v) is 7.14. The monoisotopic (exact) mass is 682 g/mol. The third-order valence-electron chi connectivity index (χ3n) is 7.92. The number of aromatic carboxylic acids is 1. The fraction of sp³-hybridized carbons (Fsp3) is 0.184. The van der Waals surface area contributed by atoms with Gasteiger partial charge in [-0.25, -0.2) is 18.2 Å². The molecule has 0 spiro atoms. The second-order valence-electron chi connectivity index (χ2n) is 12.0. The van der Waals surface area contributed by atoms with E-state index in [9.17, 15) is 28.2 Å². The molecule has 8 nitrogen and oxygen atoms in total. The molecule has 0 aliphatic carbocycles. The molecule has 1 heterocycles. The minimum Gasteiger partial charge on any atom is -0.478 e. The van der Waals surface area contributed by atoms with E-state index < -0.39 is 49.6 Å². The first-order chi connectivity index (χ1) is 22.8. The number of hydrogen-bond donors (Lipinski definition) is 3. The maximum atomic E-state index is 13.4. The number of carboxylic acids is 1. The van der Waals surface area contributed by atoms with Crippen LogP contribution in [-0.2, 0) is 26.7 Å². The standard InChI is InChI=1S/C38H35ClN2O6S/c1-38(2,45)32-12-5-3-9-26(32)17-21-33(41-36(42)24-48(46,47)35-13-6-4-11-31(35)37(43)44)28-10-7-8-25(22-28)14-19-30-20-16-27-15-18-29(39)23-34(27)40-30/h3-16,18-20,22-23,33,45H,17,21,24H2,1-2H3,(H,41,42)(H,43,44)/b19-14+. The highest BCUT2D eigenvalue weighted by Crippen LogP contribution is 2.28. The molecule has 1 atom stereocenters. The van der Waals surface area contributed by atoms with E-state index in [0.717, 1.165) is 38.9 Å². The lowest BCUT2D eigenvalue weighted by Gasteiger charge is -2.24. The first kappa shape index (κ1) is 34.5. The fourth-order valence-electron chi connectivity index (χ4n) is 5.62. The number of amides is 1. The van der Waals surface area contributed by atoms with E-state index in [1.807, 2.05) is 84.9 Å². The van der Waals surface area contributed by atoms with E-state index in [2.05, 4.69) is 10.3 Å². The van der Waals surface area contributed by atoms with Gasteiger partial charge in [-0.05, 0) is 91.4 Å². The number of carbonyl (C=O) groups excluding carboxylic acids is 1. The predicted molar refractivity (Wildman–Crippen MR) is 188 cm³/mol. The first-order valence-electron chi connectivity index (χ1n) is 15.3. The van der Waals surface area contributed by atoms with Crippen LogP contribution < -0.4 is 5.32 Å². The third-order valence-corrected chi connectivity index (χ3v) is 9.83. The lowest BCUT2D eigenvalue weighted by molar-refractivity contribution is -0.119. The first-order valence-corrected chi connectivity index (χ1v) is 17.3. The molecule has 0 radical (unpaired) electrons. The third kappa shape index (κ3) is 8.55. The van der Waals surface area contributed by atoms with Crippen molar-refractivity contribution in [3.8, 4) is 0 Å². The number of aromatic nitrogens is 1. The molecule has 0 saturated carbocycles. The molecular formula is C38H35ClN2O6S. The van der Waals surface area contributed by atoms with Crippen molar-refractivity contribution >= 4 is 56.4 Å². The summed E-state index contributed by atoms with van der Waals surface area (Å²) in [6.07, 6.45) is 4.64. The zero-order valence-electron chi connectivity index (χ0n) is 26.4. The van der Waals surface area contributed by atoms with Crippen LogP contribution in [0.1, 0.15) is 64.6 Å². The van der Waals surface area contributed by atoms with Crippen LogP contribution in [0.15, 0.2) is 108 Å². The quantitative estimate of drug-likeness (QED) is 0.126. The number of rotatable bonds is 12. The number of nitrogens with one attached hydrogen (secondary N) is 1. The lowest BCUT2D eigenvalue weighted by Crippen LogP contribution is -2.34. The second kappa shape index (κ2) is 14.5. The lowest BCUT2D eigenvalue weighted by atomic mass is 9.89. The number of nitrogens with zero attached hydrogens (tertiary/aromatic N) is 1. The Morgan fingerprint density at radius 3 is 2.42 bits per heavy atom. The molecule has 0 aliphatic heterocycles. The molecule has 3 N–H and O–H groups in total. The summed E-state index contributed by atoms with van der Waals surface area (Å²) in [6.45, 7) is 3.42. The molecule has 0 bridgehead atoms. The van der Waals surface area contributed by atoms with Crippen molar-refractivity contribution in [2.75, 3.05) is 5.75 Å². The van der Waals surface area contributed by atoms with Crippen molar-refractivity contribution in [3.63, 3.8) is 0 Å².